The molecule has 184 valence electrons. The second-order valence-corrected chi connectivity index (χ2v) is 11.0. The molecule has 0 unspecified atom stereocenters. The highest BCUT2D eigenvalue weighted by Gasteiger charge is 2.35. The van der Waals surface area contributed by atoms with Gasteiger partial charge in [0.1, 0.15) is 11.6 Å². The fourth-order valence-electron chi connectivity index (χ4n) is 3.51. The Morgan fingerprint density at radius 2 is 1.73 bits per heavy atom. The molecule has 7 nitrogen and oxygen atoms in total. The van der Waals surface area contributed by atoms with Gasteiger partial charge in [0.2, 0.25) is 5.91 Å². The van der Waals surface area contributed by atoms with Gasteiger partial charge in [0, 0.05) is 19.5 Å². The minimum atomic E-state index is -0.992. The Hall–Kier alpha value is -2.06. The third kappa shape index (κ3) is 8.67. The number of alkyl carbamates (subject to hydrolysis) is 1. The number of nitrogens with zero attached hydrogens (tertiary/aromatic N) is 1. The molecule has 8 heteroatoms. The van der Waals surface area contributed by atoms with Crippen molar-refractivity contribution in [2.75, 3.05) is 13.1 Å². The van der Waals surface area contributed by atoms with Crippen LogP contribution in [0.15, 0.2) is 24.3 Å². The van der Waals surface area contributed by atoms with Gasteiger partial charge in [0.05, 0.1) is 11.2 Å². The van der Waals surface area contributed by atoms with Crippen molar-refractivity contribution in [3.05, 3.63) is 29.8 Å². The number of carbonyl (C=O) groups is 2. The van der Waals surface area contributed by atoms with Gasteiger partial charge in [0.15, 0.2) is 0 Å². The predicted octanol–water partition coefficient (Wildman–Crippen LogP) is 2.68. The number of carbonyl (C=O) groups excluding carboxylic acids is 2. The largest absolute Gasteiger partial charge is 0.444 e. The first-order chi connectivity index (χ1) is 15.2. The average molecular weight is 460 g/mol. The van der Waals surface area contributed by atoms with Crippen LogP contribution in [-0.2, 0) is 20.6 Å². The van der Waals surface area contributed by atoms with Crippen molar-refractivity contribution >= 4 is 24.9 Å². The lowest BCUT2D eigenvalue weighted by atomic mass is 9.82. The van der Waals surface area contributed by atoms with Gasteiger partial charge in [0.25, 0.3) is 0 Å². The molecular weight excluding hydrogens is 419 g/mol. The Morgan fingerprint density at radius 1 is 1.09 bits per heavy atom. The molecule has 0 bridgehead atoms. The average Bonchev–Trinajstić information content (AvgIpc) is 2.70. The van der Waals surface area contributed by atoms with E-state index in [4.69, 9.17) is 9.39 Å². The lowest BCUT2D eigenvalue weighted by molar-refractivity contribution is -0.134. The van der Waals surface area contributed by atoms with Crippen molar-refractivity contribution in [1.82, 2.24) is 10.2 Å². The molecule has 1 atom stereocenters. The Bertz CT molecular complexity index is 808. The zero-order valence-corrected chi connectivity index (χ0v) is 21.4. The van der Waals surface area contributed by atoms with Gasteiger partial charge < -0.3 is 24.7 Å². The number of likely N-dealkylation sites (tertiary alicyclic amines) is 1. The van der Waals surface area contributed by atoms with Gasteiger partial charge >= 0.3 is 13.6 Å². The third-order valence-corrected chi connectivity index (χ3v) is 6.16. The summed E-state index contributed by atoms with van der Waals surface area (Å²) in [6.45, 7) is 14.0. The molecule has 0 aliphatic carbocycles. The summed E-state index contributed by atoms with van der Waals surface area (Å²) >= 11 is 0. The van der Waals surface area contributed by atoms with Crippen LogP contribution in [0.2, 0.25) is 0 Å². The van der Waals surface area contributed by atoms with Crippen molar-refractivity contribution in [2.24, 2.45) is 0 Å². The van der Waals surface area contributed by atoms with Gasteiger partial charge in [-0.15, -0.1) is 0 Å². The van der Waals surface area contributed by atoms with E-state index in [1.165, 1.54) is 0 Å². The van der Waals surface area contributed by atoms with E-state index in [1.807, 2.05) is 43.0 Å². The molecule has 1 heterocycles. The minimum absolute atomic E-state index is 0.0784. The summed E-state index contributed by atoms with van der Waals surface area (Å²) in [5.74, 6) is -0.0784. The summed E-state index contributed by atoms with van der Waals surface area (Å²) in [5.41, 5.74) is -0.509. The van der Waals surface area contributed by atoms with Crippen LogP contribution in [0, 0.1) is 0 Å². The zero-order valence-electron chi connectivity index (χ0n) is 21.4. The molecule has 1 fully saturated rings. The van der Waals surface area contributed by atoms with E-state index in [0.29, 0.717) is 27.0 Å². The number of nitrogens with one attached hydrogen (secondary N) is 1. The Morgan fingerprint density at radius 3 is 2.30 bits per heavy atom. The highest BCUT2D eigenvalue weighted by Crippen LogP contribution is 2.24. The monoisotopic (exact) mass is 460 g/mol. The van der Waals surface area contributed by atoms with Crippen molar-refractivity contribution in [1.29, 1.82) is 0 Å². The molecule has 1 aliphatic rings. The molecule has 1 aromatic rings. The third-order valence-electron chi connectivity index (χ3n) is 6.16. The molecule has 0 aromatic heterocycles. The van der Waals surface area contributed by atoms with E-state index in [9.17, 15) is 14.7 Å². The Labute approximate surface area is 199 Å². The molecular formula is C25H41BN2O5. The lowest BCUT2D eigenvalue weighted by Crippen LogP contribution is -2.52. The number of hydrogen-bond donors (Lipinski definition) is 2. The maximum absolute atomic E-state index is 13.3. The first-order valence-corrected chi connectivity index (χ1v) is 11.9. The number of benzene rings is 1. The first kappa shape index (κ1) is 27.2. The van der Waals surface area contributed by atoms with Gasteiger partial charge in [-0.05, 0) is 73.3 Å². The van der Waals surface area contributed by atoms with Crippen LogP contribution in [0.4, 0.5) is 4.79 Å². The molecule has 2 N–H and O–H groups in total. The smallest absolute Gasteiger partial charge is 0.408 e. The zero-order chi connectivity index (χ0) is 24.9. The van der Waals surface area contributed by atoms with Crippen LogP contribution in [-0.4, -0.2) is 65.4 Å². The normalized spacial score (nSPS) is 16.2. The number of hydrogen-bond acceptors (Lipinski definition) is 5. The quantitative estimate of drug-likeness (QED) is 0.583. The van der Waals surface area contributed by atoms with Crippen LogP contribution >= 0.6 is 0 Å². The van der Waals surface area contributed by atoms with Crippen molar-refractivity contribution in [2.45, 2.75) is 97.0 Å². The summed E-state index contributed by atoms with van der Waals surface area (Å²) in [5, 5.41) is 13.1. The fourth-order valence-corrected chi connectivity index (χ4v) is 3.51. The molecule has 33 heavy (non-hydrogen) atoms. The summed E-state index contributed by atoms with van der Waals surface area (Å²) in [7, 11) is 0.328. The summed E-state index contributed by atoms with van der Waals surface area (Å²) in [4.78, 5) is 27.6. The van der Waals surface area contributed by atoms with E-state index < -0.39 is 28.9 Å². The topological polar surface area (TPSA) is 88.1 Å². The molecule has 2 rings (SSSR count). The summed E-state index contributed by atoms with van der Waals surface area (Å²) in [6.07, 6.45) is 2.85. The van der Waals surface area contributed by atoms with Gasteiger partial charge in [-0.1, -0.05) is 29.7 Å². The van der Waals surface area contributed by atoms with Gasteiger partial charge in [-0.25, -0.2) is 4.79 Å². The number of piperidine rings is 1. The highest BCUT2D eigenvalue weighted by molar-refractivity contribution is 6.47. The minimum Gasteiger partial charge on any atom is -0.444 e. The number of ether oxygens (including phenoxy) is 1. The molecule has 0 saturated carbocycles. The van der Waals surface area contributed by atoms with Crippen molar-refractivity contribution in [3.8, 4) is 0 Å². The number of rotatable bonds is 8. The van der Waals surface area contributed by atoms with Gasteiger partial charge in [-0.3, -0.25) is 4.79 Å². The van der Waals surface area contributed by atoms with E-state index in [1.54, 1.807) is 34.6 Å². The molecule has 0 radical (unpaired) electrons. The highest BCUT2D eigenvalue weighted by atomic mass is 16.6. The number of amides is 2. The van der Waals surface area contributed by atoms with E-state index in [-0.39, 0.29) is 5.91 Å². The molecule has 0 spiro atoms. The van der Waals surface area contributed by atoms with Crippen LogP contribution in [0.25, 0.3) is 0 Å². The fraction of sp³-hybridized carbons (Fsp3) is 0.680. The second-order valence-electron chi connectivity index (χ2n) is 11.0. The van der Waals surface area contributed by atoms with Crippen molar-refractivity contribution in [3.63, 3.8) is 0 Å². The van der Waals surface area contributed by atoms with Crippen LogP contribution in [0.3, 0.4) is 0 Å². The van der Waals surface area contributed by atoms with Gasteiger partial charge in [-0.2, -0.15) is 0 Å². The summed E-state index contributed by atoms with van der Waals surface area (Å²) < 4.78 is 11.4. The van der Waals surface area contributed by atoms with Crippen LogP contribution < -0.4 is 10.8 Å². The predicted molar refractivity (Wildman–Crippen MR) is 132 cm³/mol. The SMILES string of the molecule is CC(C)(C)OC(=O)N[C@@H](Cc1cccc(BOC(C)(C)C(C)(C)O)c1)C(=O)N1CCCCC1. The van der Waals surface area contributed by atoms with Crippen LogP contribution in [0.1, 0.15) is 73.3 Å². The van der Waals surface area contributed by atoms with E-state index in [0.717, 1.165) is 30.3 Å². The first-order valence-electron chi connectivity index (χ1n) is 11.9. The molecule has 1 aromatic carbocycles. The molecule has 1 aliphatic heterocycles. The molecule has 1 saturated heterocycles. The van der Waals surface area contributed by atoms with Crippen molar-refractivity contribution < 1.29 is 24.1 Å². The second kappa shape index (κ2) is 10.9. The molecule has 2 amide bonds. The Kier molecular flexibility index (Phi) is 8.99. The maximum Gasteiger partial charge on any atom is 0.408 e. The van der Waals surface area contributed by atoms with E-state index in [2.05, 4.69) is 5.32 Å². The lowest BCUT2D eigenvalue weighted by Gasteiger charge is -2.37. The number of aliphatic hydroxyl groups is 1. The van der Waals surface area contributed by atoms with Crippen LogP contribution in [0.5, 0.6) is 0 Å². The Balaban J connectivity index is 2.15. The van der Waals surface area contributed by atoms with E-state index >= 15 is 0 Å². The maximum atomic E-state index is 13.3. The standard InChI is InChI=1S/C25H41BN2O5/c1-23(2,3)32-22(30)27-20(21(29)28-14-9-8-10-15-28)17-18-12-11-13-19(16-18)26-33-25(6,7)24(4,5)31/h11-13,16,20,26,31H,8-10,14-15,17H2,1-7H3,(H,27,30)/t20-/m0/s1. The summed E-state index contributed by atoms with van der Waals surface area (Å²) in [6, 6.07) is 7.08.